The third-order valence-electron chi connectivity index (χ3n) is 5.58. The van der Waals surface area contributed by atoms with Crippen molar-refractivity contribution in [3.63, 3.8) is 0 Å². The summed E-state index contributed by atoms with van der Waals surface area (Å²) in [6, 6.07) is 0. The molecule has 0 aromatic carbocycles. The normalized spacial score (nSPS) is 26.6. The second-order valence-corrected chi connectivity index (χ2v) is 8.49. The van der Waals surface area contributed by atoms with Gasteiger partial charge in [0.15, 0.2) is 5.78 Å². The molecule has 0 bridgehead atoms. The quantitative estimate of drug-likeness (QED) is 0.308. The highest BCUT2D eigenvalue weighted by molar-refractivity contribution is 6.00. The van der Waals surface area contributed by atoms with E-state index in [2.05, 4.69) is 26.8 Å². The van der Waals surface area contributed by atoms with E-state index in [1.807, 2.05) is 13.0 Å². The standard InChI is InChI=1S/C24H34O5/c1-5-6-7-11-22(26)28-19-12-13-20(25)24(15-19)16-23(27)29-21(24)14-18(4)10-8-9-17(2)3/h9,12-14,19,21H,5-8,10-11,15-16H2,1-4H3/b18-14+/t19-,21-,24?/m1/s1. The lowest BCUT2D eigenvalue weighted by molar-refractivity contribution is -0.151. The van der Waals surface area contributed by atoms with Crippen LogP contribution in [0, 0.1) is 5.41 Å². The molecule has 1 unspecified atom stereocenters. The molecule has 160 valence electrons. The molecule has 0 aromatic rings. The Balaban J connectivity index is 2.10. The highest BCUT2D eigenvalue weighted by Gasteiger charge is 2.55. The van der Waals surface area contributed by atoms with Crippen LogP contribution >= 0.6 is 0 Å². The van der Waals surface area contributed by atoms with E-state index in [9.17, 15) is 14.4 Å². The van der Waals surface area contributed by atoms with Crippen molar-refractivity contribution in [2.24, 2.45) is 5.41 Å². The first kappa shape index (κ1) is 23.1. The largest absolute Gasteiger partial charge is 0.458 e. The summed E-state index contributed by atoms with van der Waals surface area (Å²) in [6.45, 7) is 8.19. The molecule has 1 fully saturated rings. The summed E-state index contributed by atoms with van der Waals surface area (Å²) < 4.78 is 11.1. The lowest BCUT2D eigenvalue weighted by atomic mass is 9.69. The number of cyclic esters (lactones) is 1. The molecule has 2 rings (SSSR count). The summed E-state index contributed by atoms with van der Waals surface area (Å²) in [5.41, 5.74) is 1.37. The molecule has 1 heterocycles. The van der Waals surface area contributed by atoms with Crippen molar-refractivity contribution in [2.45, 2.75) is 91.3 Å². The summed E-state index contributed by atoms with van der Waals surface area (Å²) in [7, 11) is 0. The maximum absolute atomic E-state index is 12.8. The third kappa shape index (κ3) is 6.41. The molecule has 1 aliphatic carbocycles. The molecule has 1 saturated heterocycles. The number of ether oxygens (including phenoxy) is 2. The van der Waals surface area contributed by atoms with E-state index in [1.54, 1.807) is 6.08 Å². The van der Waals surface area contributed by atoms with E-state index in [0.717, 1.165) is 37.7 Å². The van der Waals surface area contributed by atoms with Gasteiger partial charge in [-0.05, 0) is 58.3 Å². The van der Waals surface area contributed by atoms with Crippen LogP contribution in [0.15, 0.2) is 35.5 Å². The summed E-state index contributed by atoms with van der Waals surface area (Å²) in [4.78, 5) is 37.0. The first-order valence-electron chi connectivity index (χ1n) is 10.7. The molecule has 3 atom stereocenters. The zero-order valence-corrected chi connectivity index (χ0v) is 18.2. The van der Waals surface area contributed by atoms with Gasteiger partial charge in [0.05, 0.1) is 11.8 Å². The summed E-state index contributed by atoms with van der Waals surface area (Å²) in [5, 5.41) is 0. The number of ketones is 1. The Bertz CT molecular complexity index is 711. The van der Waals surface area contributed by atoms with Crippen LogP contribution in [0.1, 0.15) is 79.1 Å². The number of carbonyl (C=O) groups is 3. The summed E-state index contributed by atoms with van der Waals surface area (Å²) in [6.07, 6.45) is 11.3. The van der Waals surface area contributed by atoms with E-state index in [-0.39, 0.29) is 30.6 Å². The molecule has 2 aliphatic rings. The van der Waals surface area contributed by atoms with Crippen LogP contribution in [0.2, 0.25) is 0 Å². The zero-order chi connectivity index (χ0) is 21.4. The highest BCUT2D eigenvalue weighted by Crippen LogP contribution is 2.45. The molecule has 29 heavy (non-hydrogen) atoms. The molecule has 0 amide bonds. The molecule has 5 heteroatoms. The summed E-state index contributed by atoms with van der Waals surface area (Å²) >= 11 is 0. The van der Waals surface area contributed by atoms with Crippen LogP contribution in [0.25, 0.3) is 0 Å². The van der Waals surface area contributed by atoms with E-state index in [4.69, 9.17) is 9.47 Å². The molecule has 0 N–H and O–H groups in total. The van der Waals surface area contributed by atoms with Gasteiger partial charge < -0.3 is 9.47 Å². The van der Waals surface area contributed by atoms with Crippen LogP contribution < -0.4 is 0 Å². The first-order valence-corrected chi connectivity index (χ1v) is 10.7. The van der Waals surface area contributed by atoms with Gasteiger partial charge in [-0.3, -0.25) is 14.4 Å². The molecule has 1 aliphatic heterocycles. The van der Waals surface area contributed by atoms with Crippen LogP contribution in [0.5, 0.6) is 0 Å². The molecule has 0 aromatic heterocycles. The smallest absolute Gasteiger partial charge is 0.307 e. The number of esters is 2. The molecule has 5 nitrogen and oxygen atoms in total. The number of unbranched alkanes of at least 4 members (excludes halogenated alkanes) is 2. The number of hydrogen-bond donors (Lipinski definition) is 0. The SMILES string of the molecule is CCCCCC(=O)O[C@@H]1C=CC(=O)C2(CC(=O)O[C@@H]2/C=C(\C)CCC=C(C)C)C1. The van der Waals surface area contributed by atoms with Gasteiger partial charge in [-0.25, -0.2) is 0 Å². The minimum absolute atomic E-state index is 0.0302. The maximum Gasteiger partial charge on any atom is 0.307 e. The third-order valence-corrected chi connectivity index (χ3v) is 5.58. The topological polar surface area (TPSA) is 69.7 Å². The fraction of sp³-hybridized carbons (Fsp3) is 0.625. The van der Waals surface area contributed by atoms with Gasteiger partial charge in [0.1, 0.15) is 12.2 Å². The average molecular weight is 403 g/mol. The Hall–Kier alpha value is -2.17. The fourth-order valence-electron chi connectivity index (χ4n) is 3.91. The Morgan fingerprint density at radius 1 is 1.24 bits per heavy atom. The number of hydrogen-bond acceptors (Lipinski definition) is 5. The second kappa shape index (κ2) is 10.6. The lowest BCUT2D eigenvalue weighted by Crippen LogP contribution is -2.43. The van der Waals surface area contributed by atoms with Crippen molar-refractivity contribution in [1.29, 1.82) is 0 Å². The van der Waals surface area contributed by atoms with Gasteiger partial charge in [0, 0.05) is 12.8 Å². The van der Waals surface area contributed by atoms with Gasteiger partial charge in [0.2, 0.25) is 0 Å². The van der Waals surface area contributed by atoms with E-state index < -0.39 is 17.6 Å². The molecule has 0 saturated carbocycles. The highest BCUT2D eigenvalue weighted by atomic mass is 16.6. The number of allylic oxidation sites excluding steroid dienone is 4. The van der Waals surface area contributed by atoms with Gasteiger partial charge >= 0.3 is 11.9 Å². The fourth-order valence-corrected chi connectivity index (χ4v) is 3.91. The van der Waals surface area contributed by atoms with E-state index in [1.165, 1.54) is 11.6 Å². The van der Waals surface area contributed by atoms with E-state index in [0.29, 0.717) is 6.42 Å². The van der Waals surface area contributed by atoms with Gasteiger partial charge in [0.25, 0.3) is 0 Å². The number of rotatable bonds is 9. The van der Waals surface area contributed by atoms with Crippen molar-refractivity contribution >= 4 is 17.7 Å². The van der Waals surface area contributed by atoms with Crippen molar-refractivity contribution in [1.82, 2.24) is 0 Å². The lowest BCUT2D eigenvalue weighted by Gasteiger charge is -2.34. The minimum Gasteiger partial charge on any atom is -0.458 e. The van der Waals surface area contributed by atoms with Gasteiger partial charge in [-0.1, -0.05) is 37.0 Å². The average Bonchev–Trinajstić information content (AvgIpc) is 2.93. The predicted molar refractivity (Wildman–Crippen MR) is 112 cm³/mol. The molecule has 1 spiro atoms. The maximum atomic E-state index is 12.8. The van der Waals surface area contributed by atoms with Crippen LogP contribution in [-0.2, 0) is 23.9 Å². The molecular weight excluding hydrogens is 368 g/mol. The predicted octanol–water partition coefficient (Wildman–Crippen LogP) is 5.00. The Morgan fingerprint density at radius 3 is 2.69 bits per heavy atom. The van der Waals surface area contributed by atoms with Crippen LogP contribution in [-0.4, -0.2) is 29.9 Å². The van der Waals surface area contributed by atoms with Crippen molar-refractivity contribution < 1.29 is 23.9 Å². The van der Waals surface area contributed by atoms with Crippen molar-refractivity contribution in [2.75, 3.05) is 0 Å². The zero-order valence-electron chi connectivity index (χ0n) is 18.2. The van der Waals surface area contributed by atoms with Crippen molar-refractivity contribution in [3.05, 3.63) is 35.5 Å². The second-order valence-electron chi connectivity index (χ2n) is 8.49. The summed E-state index contributed by atoms with van der Waals surface area (Å²) in [5.74, 6) is -0.757. The number of carbonyl (C=O) groups excluding carboxylic acids is 3. The monoisotopic (exact) mass is 402 g/mol. The van der Waals surface area contributed by atoms with E-state index >= 15 is 0 Å². The van der Waals surface area contributed by atoms with Crippen LogP contribution in [0.3, 0.4) is 0 Å². The van der Waals surface area contributed by atoms with Gasteiger partial charge in [-0.15, -0.1) is 0 Å². The van der Waals surface area contributed by atoms with Gasteiger partial charge in [-0.2, -0.15) is 0 Å². The Kier molecular flexibility index (Phi) is 8.42. The first-order chi connectivity index (χ1) is 13.8. The Labute approximate surface area is 174 Å². The Morgan fingerprint density at radius 2 is 2.00 bits per heavy atom. The minimum atomic E-state index is -0.974. The van der Waals surface area contributed by atoms with Crippen molar-refractivity contribution in [3.8, 4) is 0 Å². The molecular formula is C24H34O5. The molecule has 0 radical (unpaired) electrons. The van der Waals surface area contributed by atoms with Crippen LogP contribution in [0.4, 0.5) is 0 Å².